The summed E-state index contributed by atoms with van der Waals surface area (Å²) < 4.78 is 0. The molecular formula is C23H24ClN3O2S. The zero-order valence-corrected chi connectivity index (χ0v) is 19.2. The Morgan fingerprint density at radius 2 is 1.77 bits per heavy atom. The summed E-state index contributed by atoms with van der Waals surface area (Å²) in [6.07, 6.45) is 0. The third kappa shape index (κ3) is 4.89. The van der Waals surface area contributed by atoms with Gasteiger partial charge in [-0.2, -0.15) is 0 Å². The Kier molecular flexibility index (Phi) is 6.58. The van der Waals surface area contributed by atoms with E-state index in [1.54, 1.807) is 20.0 Å². The number of hydrogen-bond donors (Lipinski definition) is 1. The minimum atomic E-state index is -0.238. The summed E-state index contributed by atoms with van der Waals surface area (Å²) in [7, 11) is 1.62. The van der Waals surface area contributed by atoms with Crippen LogP contribution in [-0.4, -0.2) is 35.3 Å². The molecule has 0 saturated carbocycles. The highest BCUT2D eigenvalue weighted by atomic mass is 35.5. The van der Waals surface area contributed by atoms with Crippen LogP contribution in [0.1, 0.15) is 32.1 Å². The lowest BCUT2D eigenvalue weighted by atomic mass is 10.1. The first-order valence-electron chi connectivity index (χ1n) is 9.52. The van der Waals surface area contributed by atoms with Crippen LogP contribution in [0.15, 0.2) is 36.4 Å². The van der Waals surface area contributed by atoms with Crippen molar-refractivity contribution in [1.82, 2.24) is 9.88 Å². The fraction of sp³-hybridized carbons (Fsp3) is 0.261. The maximum Gasteiger partial charge on any atom is 0.266 e. The first-order valence-corrected chi connectivity index (χ1v) is 10.7. The largest absolute Gasteiger partial charge is 0.332 e. The third-order valence-electron chi connectivity index (χ3n) is 4.73. The zero-order chi connectivity index (χ0) is 22.0. The fourth-order valence-electron chi connectivity index (χ4n) is 3.36. The Balaban J connectivity index is 1.72. The smallest absolute Gasteiger partial charge is 0.266 e. The van der Waals surface area contributed by atoms with Crippen molar-refractivity contribution in [3.8, 4) is 10.6 Å². The van der Waals surface area contributed by atoms with E-state index < -0.39 is 0 Å². The lowest BCUT2D eigenvalue weighted by molar-refractivity contribution is -0.116. The van der Waals surface area contributed by atoms with E-state index in [-0.39, 0.29) is 18.4 Å². The quantitative estimate of drug-likeness (QED) is 0.576. The standard InChI is InChI=1S/C23H24ClN3O2S/c1-13-9-14(2)20(15(3)10-13)26-19(28)12-27(5)23(29)21-16(4)25-22(30-21)17-7-6-8-18(24)11-17/h6-11H,12H2,1-5H3,(H,26,28). The SMILES string of the molecule is Cc1cc(C)c(NC(=O)CN(C)C(=O)c2sc(-c3cccc(Cl)c3)nc2C)c(C)c1. The van der Waals surface area contributed by atoms with Crippen LogP contribution < -0.4 is 5.32 Å². The highest BCUT2D eigenvalue weighted by Gasteiger charge is 2.22. The van der Waals surface area contributed by atoms with Gasteiger partial charge in [-0.1, -0.05) is 41.4 Å². The van der Waals surface area contributed by atoms with Crippen molar-refractivity contribution in [2.24, 2.45) is 0 Å². The molecule has 1 heterocycles. The average Bonchev–Trinajstić information content (AvgIpc) is 3.05. The Labute approximate surface area is 185 Å². The summed E-state index contributed by atoms with van der Waals surface area (Å²) in [4.78, 5) is 31.9. The van der Waals surface area contributed by atoms with Gasteiger partial charge in [0.2, 0.25) is 5.91 Å². The van der Waals surface area contributed by atoms with E-state index in [4.69, 9.17) is 11.6 Å². The third-order valence-corrected chi connectivity index (χ3v) is 6.16. The predicted octanol–water partition coefficient (Wildman–Crippen LogP) is 5.41. The van der Waals surface area contributed by atoms with E-state index in [1.165, 1.54) is 16.2 Å². The van der Waals surface area contributed by atoms with Gasteiger partial charge < -0.3 is 10.2 Å². The van der Waals surface area contributed by atoms with Crippen molar-refractivity contribution >= 4 is 40.4 Å². The number of amides is 2. The molecule has 2 aromatic carbocycles. The summed E-state index contributed by atoms with van der Waals surface area (Å²) in [5, 5.41) is 4.27. The number of rotatable bonds is 5. The molecule has 30 heavy (non-hydrogen) atoms. The number of thiazole rings is 1. The normalized spacial score (nSPS) is 10.7. The second kappa shape index (κ2) is 8.98. The zero-order valence-electron chi connectivity index (χ0n) is 17.7. The van der Waals surface area contributed by atoms with Crippen LogP contribution >= 0.6 is 22.9 Å². The molecule has 0 aliphatic carbocycles. The van der Waals surface area contributed by atoms with Gasteiger partial charge in [-0.05, 0) is 51.0 Å². The molecule has 0 spiro atoms. The molecule has 3 aromatic rings. The van der Waals surface area contributed by atoms with Crippen LogP contribution in [0.2, 0.25) is 5.02 Å². The minimum absolute atomic E-state index is 0.0462. The van der Waals surface area contributed by atoms with Crippen LogP contribution in [-0.2, 0) is 4.79 Å². The minimum Gasteiger partial charge on any atom is -0.332 e. The van der Waals surface area contributed by atoms with Crippen molar-refractivity contribution < 1.29 is 9.59 Å². The topological polar surface area (TPSA) is 62.3 Å². The predicted molar refractivity (Wildman–Crippen MR) is 124 cm³/mol. The summed E-state index contributed by atoms with van der Waals surface area (Å²) in [5.41, 5.74) is 5.44. The maximum atomic E-state index is 12.9. The molecule has 0 aliphatic rings. The Bertz CT molecular complexity index is 1100. The number of nitrogens with one attached hydrogen (secondary N) is 1. The summed E-state index contributed by atoms with van der Waals surface area (Å²) in [6.45, 7) is 7.69. The number of likely N-dealkylation sites (N-methyl/N-ethyl adjacent to an activating group) is 1. The monoisotopic (exact) mass is 441 g/mol. The summed E-state index contributed by atoms with van der Waals surface area (Å²) in [6, 6.07) is 11.4. The molecule has 0 bridgehead atoms. The Morgan fingerprint density at radius 3 is 2.40 bits per heavy atom. The average molecular weight is 442 g/mol. The van der Waals surface area contributed by atoms with E-state index >= 15 is 0 Å². The molecule has 0 atom stereocenters. The summed E-state index contributed by atoms with van der Waals surface area (Å²) >= 11 is 7.37. The Hall–Kier alpha value is -2.70. The molecule has 5 nitrogen and oxygen atoms in total. The second-order valence-corrected chi connectivity index (χ2v) is 8.86. The number of halogens is 1. The highest BCUT2D eigenvalue weighted by Crippen LogP contribution is 2.30. The first-order chi connectivity index (χ1) is 14.2. The van der Waals surface area contributed by atoms with Gasteiger partial charge in [0, 0.05) is 23.3 Å². The molecule has 1 aromatic heterocycles. The molecule has 0 unspecified atom stereocenters. The number of hydrogen-bond acceptors (Lipinski definition) is 4. The van der Waals surface area contributed by atoms with Crippen molar-refractivity contribution in [3.05, 3.63) is 68.7 Å². The Morgan fingerprint density at radius 1 is 1.10 bits per heavy atom. The number of aryl methyl sites for hydroxylation is 4. The van der Waals surface area contributed by atoms with Crippen LogP contribution in [0.4, 0.5) is 5.69 Å². The molecule has 2 amide bonds. The molecular weight excluding hydrogens is 418 g/mol. The molecule has 1 N–H and O–H groups in total. The van der Waals surface area contributed by atoms with Gasteiger partial charge in [-0.15, -0.1) is 11.3 Å². The van der Waals surface area contributed by atoms with Gasteiger partial charge >= 0.3 is 0 Å². The molecule has 3 rings (SSSR count). The molecule has 0 fully saturated rings. The van der Waals surface area contributed by atoms with E-state index in [9.17, 15) is 9.59 Å². The highest BCUT2D eigenvalue weighted by molar-refractivity contribution is 7.17. The number of carbonyl (C=O) groups excluding carboxylic acids is 2. The molecule has 156 valence electrons. The number of anilines is 1. The van der Waals surface area contributed by atoms with Crippen molar-refractivity contribution in [3.63, 3.8) is 0 Å². The van der Waals surface area contributed by atoms with Gasteiger partial charge in [0.1, 0.15) is 9.88 Å². The molecule has 0 radical (unpaired) electrons. The molecule has 7 heteroatoms. The van der Waals surface area contributed by atoms with Crippen LogP contribution in [0.25, 0.3) is 10.6 Å². The lowest BCUT2D eigenvalue weighted by Crippen LogP contribution is -2.35. The van der Waals surface area contributed by atoms with Gasteiger partial charge in [0.25, 0.3) is 5.91 Å². The van der Waals surface area contributed by atoms with E-state index in [2.05, 4.69) is 10.3 Å². The number of nitrogens with zero attached hydrogens (tertiary/aromatic N) is 2. The van der Waals surface area contributed by atoms with Crippen LogP contribution in [0.3, 0.4) is 0 Å². The first kappa shape index (κ1) is 22.0. The van der Waals surface area contributed by atoms with Crippen LogP contribution in [0.5, 0.6) is 0 Å². The van der Waals surface area contributed by atoms with Crippen molar-refractivity contribution in [1.29, 1.82) is 0 Å². The van der Waals surface area contributed by atoms with E-state index in [0.717, 1.165) is 32.9 Å². The van der Waals surface area contributed by atoms with Gasteiger partial charge in [-0.25, -0.2) is 4.98 Å². The fourth-order valence-corrected chi connectivity index (χ4v) is 4.60. The number of benzene rings is 2. The van der Waals surface area contributed by atoms with Crippen molar-refractivity contribution in [2.45, 2.75) is 27.7 Å². The number of aromatic nitrogens is 1. The lowest BCUT2D eigenvalue weighted by Gasteiger charge is -2.18. The van der Waals surface area contributed by atoms with Gasteiger partial charge in [-0.3, -0.25) is 9.59 Å². The maximum absolute atomic E-state index is 12.9. The van der Waals surface area contributed by atoms with Crippen molar-refractivity contribution in [2.75, 3.05) is 18.9 Å². The molecule has 0 aliphatic heterocycles. The summed E-state index contributed by atoms with van der Waals surface area (Å²) in [5.74, 6) is -0.469. The van der Waals surface area contributed by atoms with E-state index in [0.29, 0.717) is 15.6 Å². The van der Waals surface area contributed by atoms with Gasteiger partial charge in [0.05, 0.1) is 12.2 Å². The van der Waals surface area contributed by atoms with Crippen LogP contribution in [0, 0.1) is 27.7 Å². The second-order valence-electron chi connectivity index (χ2n) is 7.43. The molecule has 0 saturated heterocycles. The van der Waals surface area contributed by atoms with E-state index in [1.807, 2.05) is 51.1 Å². The van der Waals surface area contributed by atoms with Gasteiger partial charge in [0.15, 0.2) is 0 Å². The number of carbonyl (C=O) groups is 2.